The normalized spacial score (nSPS) is 26.8. The molecule has 3 aliphatic heterocycles. The van der Waals surface area contributed by atoms with Gasteiger partial charge in [-0.2, -0.15) is 0 Å². The Morgan fingerprint density at radius 1 is 1.17 bits per heavy atom. The van der Waals surface area contributed by atoms with Crippen molar-refractivity contribution in [2.45, 2.75) is 50.7 Å². The molecule has 0 radical (unpaired) electrons. The molecule has 0 aromatic carbocycles. The van der Waals surface area contributed by atoms with E-state index in [-0.39, 0.29) is 11.8 Å². The summed E-state index contributed by atoms with van der Waals surface area (Å²) in [5, 5.41) is 3.43. The topological polar surface area (TPSA) is 114 Å². The molecule has 3 saturated heterocycles. The van der Waals surface area contributed by atoms with Crippen LogP contribution in [-0.4, -0.2) is 71.2 Å². The number of piperidine rings is 1. The van der Waals surface area contributed by atoms with Crippen LogP contribution in [0.3, 0.4) is 0 Å². The quantitative estimate of drug-likeness (QED) is 0.797. The minimum absolute atomic E-state index is 0.0742. The molecule has 2 aromatic rings. The Bertz CT molecular complexity index is 967. The first-order valence-corrected chi connectivity index (χ1v) is 10.6. The van der Waals surface area contributed by atoms with E-state index >= 15 is 0 Å². The number of hydrogen-bond donors (Lipinski definition) is 2. The molecule has 5 rings (SSSR count). The average molecular weight is 413 g/mol. The van der Waals surface area contributed by atoms with Crippen molar-refractivity contribution in [2.75, 3.05) is 31.6 Å². The Kier molecular flexibility index (Phi) is 4.86. The molecule has 3 aliphatic rings. The number of nitrogens with zero attached hydrogens (tertiary/aromatic N) is 3. The van der Waals surface area contributed by atoms with Gasteiger partial charge in [-0.05, 0) is 38.3 Å². The number of amides is 3. The van der Waals surface area contributed by atoms with Gasteiger partial charge in [-0.15, -0.1) is 0 Å². The van der Waals surface area contributed by atoms with Crippen molar-refractivity contribution >= 4 is 28.7 Å². The van der Waals surface area contributed by atoms with E-state index in [0.29, 0.717) is 48.0 Å². The highest BCUT2D eigenvalue weighted by molar-refractivity contribution is 6.09. The lowest BCUT2D eigenvalue weighted by atomic mass is 9.92. The summed E-state index contributed by atoms with van der Waals surface area (Å²) in [6, 6.07) is 4.60. The van der Waals surface area contributed by atoms with Gasteiger partial charge in [0.05, 0.1) is 18.6 Å². The van der Waals surface area contributed by atoms with E-state index in [1.807, 2.05) is 6.92 Å². The van der Waals surface area contributed by atoms with Crippen LogP contribution in [0.25, 0.3) is 11.1 Å². The predicted octanol–water partition coefficient (Wildman–Crippen LogP) is 2.09. The molecule has 30 heavy (non-hydrogen) atoms. The van der Waals surface area contributed by atoms with Crippen LogP contribution in [0.15, 0.2) is 16.5 Å². The summed E-state index contributed by atoms with van der Waals surface area (Å²) in [5.41, 5.74) is 6.81. The van der Waals surface area contributed by atoms with E-state index in [1.165, 1.54) is 6.42 Å². The fourth-order valence-corrected chi connectivity index (χ4v) is 5.18. The molecule has 3 atom stereocenters. The van der Waals surface area contributed by atoms with Gasteiger partial charge in [-0.3, -0.25) is 9.69 Å². The fourth-order valence-electron chi connectivity index (χ4n) is 5.18. The number of hydrogen-bond acceptors (Lipinski definition) is 6. The van der Waals surface area contributed by atoms with Gasteiger partial charge in [0.1, 0.15) is 5.69 Å². The first kappa shape index (κ1) is 19.3. The number of aromatic nitrogens is 1. The molecule has 0 saturated carbocycles. The SMILES string of the molecule is Cc1ccc2c(NC(=O)N3CC[C@@H](N4C5CCCC4COC5)C3)c(C(N)=O)oc2n1. The number of nitrogens with one attached hydrogen (secondary N) is 1. The zero-order valence-electron chi connectivity index (χ0n) is 17.1. The molecule has 2 aromatic heterocycles. The number of furan rings is 1. The molecule has 3 fully saturated rings. The summed E-state index contributed by atoms with van der Waals surface area (Å²) in [6.07, 6.45) is 4.52. The summed E-state index contributed by atoms with van der Waals surface area (Å²) in [6.45, 7) is 4.74. The number of carbonyl (C=O) groups excluding carboxylic acids is 2. The highest BCUT2D eigenvalue weighted by Crippen LogP contribution is 2.33. The molecule has 3 amide bonds. The zero-order valence-corrected chi connectivity index (χ0v) is 17.1. The summed E-state index contributed by atoms with van der Waals surface area (Å²) in [5.74, 6) is -0.809. The van der Waals surface area contributed by atoms with E-state index in [2.05, 4.69) is 15.2 Å². The third kappa shape index (κ3) is 3.31. The smallest absolute Gasteiger partial charge is 0.322 e. The van der Waals surface area contributed by atoms with Crippen LogP contribution in [0.5, 0.6) is 0 Å². The molecule has 2 bridgehead atoms. The monoisotopic (exact) mass is 413 g/mol. The van der Waals surface area contributed by atoms with E-state index in [0.717, 1.165) is 38.2 Å². The van der Waals surface area contributed by atoms with Gasteiger partial charge in [0.2, 0.25) is 11.5 Å². The van der Waals surface area contributed by atoms with Crippen LogP contribution in [0, 0.1) is 6.92 Å². The van der Waals surface area contributed by atoms with Crippen molar-refractivity contribution in [3.05, 3.63) is 23.6 Å². The predicted molar refractivity (Wildman–Crippen MR) is 110 cm³/mol. The zero-order chi connectivity index (χ0) is 20.8. The fraction of sp³-hybridized carbons (Fsp3) is 0.571. The van der Waals surface area contributed by atoms with Gasteiger partial charge < -0.3 is 25.1 Å². The molecule has 5 heterocycles. The van der Waals surface area contributed by atoms with Crippen LogP contribution in [0.1, 0.15) is 41.9 Å². The average Bonchev–Trinajstić information content (AvgIpc) is 3.32. The van der Waals surface area contributed by atoms with E-state index in [9.17, 15) is 9.59 Å². The number of primary amides is 1. The van der Waals surface area contributed by atoms with E-state index < -0.39 is 5.91 Å². The van der Waals surface area contributed by atoms with Crippen molar-refractivity contribution in [3.63, 3.8) is 0 Å². The van der Waals surface area contributed by atoms with Gasteiger partial charge in [0.15, 0.2) is 0 Å². The third-order valence-electron chi connectivity index (χ3n) is 6.56. The van der Waals surface area contributed by atoms with Gasteiger partial charge >= 0.3 is 6.03 Å². The highest BCUT2D eigenvalue weighted by Gasteiger charge is 2.42. The Morgan fingerprint density at radius 2 is 1.93 bits per heavy atom. The van der Waals surface area contributed by atoms with Crippen LogP contribution in [-0.2, 0) is 4.74 Å². The maximum Gasteiger partial charge on any atom is 0.322 e. The Morgan fingerprint density at radius 3 is 2.67 bits per heavy atom. The Hall–Kier alpha value is -2.65. The highest BCUT2D eigenvalue weighted by atomic mass is 16.5. The molecule has 0 aliphatic carbocycles. The standard InChI is InChI=1S/C21H27N5O4/c1-12-5-6-16-17(18(19(22)27)30-20(16)23-12)24-21(28)25-8-7-13(9-25)26-14-3-2-4-15(26)11-29-10-14/h5-6,13-15H,2-4,7-11H2,1H3,(H2,22,27)(H,24,28)/t13-,14?,15?/m1/s1. The number of urea groups is 1. The lowest BCUT2D eigenvalue weighted by molar-refractivity contribution is -0.0907. The summed E-state index contributed by atoms with van der Waals surface area (Å²) >= 11 is 0. The van der Waals surface area contributed by atoms with Gasteiger partial charge in [0.25, 0.3) is 5.91 Å². The first-order chi connectivity index (χ1) is 14.5. The second-order valence-corrected chi connectivity index (χ2v) is 8.52. The van der Waals surface area contributed by atoms with Crippen molar-refractivity contribution in [1.82, 2.24) is 14.8 Å². The summed E-state index contributed by atoms with van der Waals surface area (Å²) in [7, 11) is 0. The van der Waals surface area contributed by atoms with Crippen LogP contribution < -0.4 is 11.1 Å². The largest absolute Gasteiger partial charge is 0.430 e. The molecule has 9 heteroatoms. The molecule has 9 nitrogen and oxygen atoms in total. The molecule has 3 N–H and O–H groups in total. The molecular weight excluding hydrogens is 386 g/mol. The number of fused-ring (bicyclic) bond motifs is 3. The van der Waals surface area contributed by atoms with Gasteiger partial charge in [-0.1, -0.05) is 6.42 Å². The van der Waals surface area contributed by atoms with Gasteiger partial charge in [0, 0.05) is 36.9 Å². The number of pyridine rings is 1. The first-order valence-electron chi connectivity index (χ1n) is 10.6. The van der Waals surface area contributed by atoms with E-state index in [1.54, 1.807) is 17.0 Å². The van der Waals surface area contributed by atoms with Crippen molar-refractivity contribution in [1.29, 1.82) is 0 Å². The van der Waals surface area contributed by atoms with E-state index in [4.69, 9.17) is 14.9 Å². The number of nitrogens with two attached hydrogens (primary N) is 1. The number of aryl methyl sites for hydroxylation is 1. The minimum Gasteiger partial charge on any atom is -0.430 e. The van der Waals surface area contributed by atoms with Gasteiger partial charge in [-0.25, -0.2) is 9.78 Å². The van der Waals surface area contributed by atoms with Crippen LogP contribution >= 0.6 is 0 Å². The van der Waals surface area contributed by atoms with Crippen molar-refractivity contribution in [2.24, 2.45) is 5.73 Å². The Labute approximate surface area is 174 Å². The molecule has 2 unspecified atom stereocenters. The number of morpholine rings is 1. The summed E-state index contributed by atoms with van der Waals surface area (Å²) < 4.78 is 11.3. The second-order valence-electron chi connectivity index (χ2n) is 8.52. The summed E-state index contributed by atoms with van der Waals surface area (Å²) in [4.78, 5) is 33.6. The number of rotatable bonds is 3. The maximum atomic E-state index is 13.0. The maximum absolute atomic E-state index is 13.0. The molecule has 0 spiro atoms. The Balaban J connectivity index is 1.33. The lowest BCUT2D eigenvalue weighted by Crippen LogP contribution is -2.59. The minimum atomic E-state index is -0.735. The molecule has 160 valence electrons. The van der Waals surface area contributed by atoms with Crippen molar-refractivity contribution < 1.29 is 18.7 Å². The number of likely N-dealkylation sites (tertiary alicyclic amines) is 1. The lowest BCUT2D eigenvalue weighted by Gasteiger charge is -2.48. The second kappa shape index (κ2) is 7.55. The van der Waals surface area contributed by atoms with Crippen molar-refractivity contribution in [3.8, 4) is 0 Å². The van der Waals surface area contributed by atoms with Crippen LogP contribution in [0.2, 0.25) is 0 Å². The molecular formula is C21H27N5O4. The number of carbonyl (C=O) groups is 2. The van der Waals surface area contributed by atoms with Crippen LogP contribution in [0.4, 0.5) is 10.5 Å². The number of anilines is 1. The number of ether oxygens (including phenoxy) is 1. The third-order valence-corrected chi connectivity index (χ3v) is 6.56.